The van der Waals surface area contributed by atoms with Gasteiger partial charge < -0.3 is 15.5 Å². The molecule has 160 valence electrons. The number of anilines is 1. The fourth-order valence-electron chi connectivity index (χ4n) is 4.03. The zero-order valence-electron chi connectivity index (χ0n) is 18.2. The number of nitrogens with zero attached hydrogens (tertiary/aromatic N) is 1. The molecule has 2 N–H and O–H groups in total. The van der Waals surface area contributed by atoms with E-state index in [9.17, 15) is 9.59 Å². The van der Waals surface area contributed by atoms with Gasteiger partial charge in [0.05, 0.1) is 12.0 Å². The number of rotatable bonds is 6. The van der Waals surface area contributed by atoms with Crippen LogP contribution in [-0.2, 0) is 4.79 Å². The smallest absolute Gasteiger partial charge is 0.321 e. The van der Waals surface area contributed by atoms with E-state index in [2.05, 4.69) is 36.6 Å². The van der Waals surface area contributed by atoms with Gasteiger partial charge in [-0.25, -0.2) is 4.79 Å². The molecule has 3 rings (SSSR count). The van der Waals surface area contributed by atoms with E-state index in [1.807, 2.05) is 49.4 Å². The average Bonchev–Trinajstić information content (AvgIpc) is 2.73. The molecule has 3 amide bonds. The molecule has 1 saturated heterocycles. The summed E-state index contributed by atoms with van der Waals surface area (Å²) in [6.07, 6.45) is 2.53. The summed E-state index contributed by atoms with van der Waals surface area (Å²) in [7, 11) is 0. The largest absolute Gasteiger partial charge is 0.349 e. The second kappa shape index (κ2) is 10.3. The molecule has 1 fully saturated rings. The number of piperidine rings is 1. The van der Waals surface area contributed by atoms with Gasteiger partial charge in [0.25, 0.3) is 0 Å². The van der Waals surface area contributed by atoms with Gasteiger partial charge in [-0.3, -0.25) is 4.79 Å². The van der Waals surface area contributed by atoms with E-state index < -0.39 is 0 Å². The molecule has 2 atom stereocenters. The van der Waals surface area contributed by atoms with Gasteiger partial charge in [-0.05, 0) is 55.4 Å². The fourth-order valence-corrected chi connectivity index (χ4v) is 4.03. The highest BCUT2D eigenvalue weighted by molar-refractivity contribution is 5.90. The summed E-state index contributed by atoms with van der Waals surface area (Å²) in [5.74, 6) is 0.330. The Morgan fingerprint density at radius 1 is 1.10 bits per heavy atom. The van der Waals surface area contributed by atoms with Gasteiger partial charge in [0.1, 0.15) is 0 Å². The maximum absolute atomic E-state index is 13.1. The highest BCUT2D eigenvalue weighted by Crippen LogP contribution is 2.24. The van der Waals surface area contributed by atoms with E-state index in [-0.39, 0.29) is 23.9 Å². The van der Waals surface area contributed by atoms with Gasteiger partial charge in [-0.1, -0.05) is 56.3 Å². The quantitative estimate of drug-likeness (QED) is 0.696. The minimum atomic E-state index is -0.180. The van der Waals surface area contributed by atoms with Crippen LogP contribution < -0.4 is 10.6 Å². The summed E-state index contributed by atoms with van der Waals surface area (Å²) in [4.78, 5) is 27.5. The monoisotopic (exact) mass is 407 g/mol. The minimum absolute atomic E-state index is 0.00445. The van der Waals surface area contributed by atoms with Gasteiger partial charge in [0.2, 0.25) is 5.91 Å². The number of carbonyl (C=O) groups is 2. The van der Waals surface area contributed by atoms with Crippen molar-refractivity contribution in [2.45, 2.75) is 46.1 Å². The summed E-state index contributed by atoms with van der Waals surface area (Å²) >= 11 is 0. The standard InChI is InChI=1S/C25H33N3O2/c1-18(2)15-23(20-10-5-4-6-11-20)27-24(29)21-12-8-14-28(17-21)25(30)26-22-13-7-9-19(3)16-22/h4-7,9-11,13,16,18,21,23H,8,12,14-15,17H2,1-3H3,(H,26,30)(H,27,29)/t21-,23+/m0/s1. The fraction of sp³-hybridized carbons (Fsp3) is 0.440. The first kappa shape index (κ1) is 21.9. The normalized spacial score (nSPS) is 17.5. The minimum Gasteiger partial charge on any atom is -0.349 e. The third-order valence-corrected chi connectivity index (χ3v) is 5.57. The molecule has 1 aliphatic heterocycles. The number of likely N-dealkylation sites (tertiary alicyclic amines) is 1. The molecule has 2 aromatic carbocycles. The molecule has 0 spiro atoms. The molecule has 0 saturated carbocycles. The van der Waals surface area contributed by atoms with Crippen molar-refractivity contribution in [3.05, 3.63) is 65.7 Å². The molecule has 30 heavy (non-hydrogen) atoms. The van der Waals surface area contributed by atoms with Crippen LogP contribution in [0.2, 0.25) is 0 Å². The van der Waals surface area contributed by atoms with Crippen molar-refractivity contribution in [3.8, 4) is 0 Å². The Morgan fingerprint density at radius 2 is 1.87 bits per heavy atom. The third kappa shape index (κ3) is 6.09. The lowest BCUT2D eigenvalue weighted by Crippen LogP contribution is -2.47. The van der Waals surface area contributed by atoms with Gasteiger partial charge >= 0.3 is 6.03 Å². The number of hydrogen-bond donors (Lipinski definition) is 2. The average molecular weight is 408 g/mol. The molecule has 0 aromatic heterocycles. The van der Waals surface area contributed by atoms with Gasteiger partial charge in [-0.2, -0.15) is 0 Å². The van der Waals surface area contributed by atoms with Crippen molar-refractivity contribution in [2.75, 3.05) is 18.4 Å². The first-order valence-electron chi connectivity index (χ1n) is 10.9. The summed E-state index contributed by atoms with van der Waals surface area (Å²) in [6.45, 7) is 7.46. The van der Waals surface area contributed by atoms with Crippen LogP contribution in [0.3, 0.4) is 0 Å². The van der Waals surface area contributed by atoms with Crippen LogP contribution in [0.1, 0.15) is 50.3 Å². The van der Waals surface area contributed by atoms with Crippen molar-refractivity contribution in [2.24, 2.45) is 11.8 Å². The molecule has 5 nitrogen and oxygen atoms in total. The van der Waals surface area contributed by atoms with Gasteiger partial charge in [0.15, 0.2) is 0 Å². The van der Waals surface area contributed by atoms with Crippen LogP contribution in [0.4, 0.5) is 10.5 Å². The zero-order chi connectivity index (χ0) is 21.5. The molecule has 0 bridgehead atoms. The molecule has 1 aliphatic rings. The first-order chi connectivity index (χ1) is 14.4. The second-order valence-corrected chi connectivity index (χ2v) is 8.69. The molecular formula is C25H33N3O2. The van der Waals surface area contributed by atoms with Gasteiger partial charge in [-0.15, -0.1) is 0 Å². The molecule has 2 aromatic rings. The van der Waals surface area contributed by atoms with Crippen molar-refractivity contribution in [1.29, 1.82) is 0 Å². The highest BCUT2D eigenvalue weighted by atomic mass is 16.2. The maximum Gasteiger partial charge on any atom is 0.321 e. The summed E-state index contributed by atoms with van der Waals surface area (Å²) in [5, 5.41) is 6.21. The highest BCUT2D eigenvalue weighted by Gasteiger charge is 2.30. The molecule has 0 aliphatic carbocycles. The lowest BCUT2D eigenvalue weighted by atomic mass is 9.93. The lowest BCUT2D eigenvalue weighted by molar-refractivity contribution is -0.127. The van der Waals surface area contributed by atoms with Crippen LogP contribution in [0.25, 0.3) is 0 Å². The Labute approximate surface area is 179 Å². The Hall–Kier alpha value is -2.82. The lowest BCUT2D eigenvalue weighted by Gasteiger charge is -2.33. The number of aryl methyl sites for hydroxylation is 1. The van der Waals surface area contributed by atoms with E-state index in [0.29, 0.717) is 19.0 Å². The topological polar surface area (TPSA) is 61.4 Å². The van der Waals surface area contributed by atoms with E-state index in [4.69, 9.17) is 0 Å². The van der Waals surface area contributed by atoms with Crippen molar-refractivity contribution < 1.29 is 9.59 Å². The predicted molar refractivity (Wildman–Crippen MR) is 121 cm³/mol. The number of nitrogens with one attached hydrogen (secondary N) is 2. The number of carbonyl (C=O) groups excluding carboxylic acids is 2. The maximum atomic E-state index is 13.1. The van der Waals surface area contributed by atoms with Crippen molar-refractivity contribution in [1.82, 2.24) is 10.2 Å². The van der Waals surface area contributed by atoms with E-state index >= 15 is 0 Å². The van der Waals surface area contributed by atoms with Crippen molar-refractivity contribution in [3.63, 3.8) is 0 Å². The summed E-state index contributed by atoms with van der Waals surface area (Å²) in [5.41, 5.74) is 3.01. The van der Waals surface area contributed by atoms with Crippen LogP contribution in [0.5, 0.6) is 0 Å². The van der Waals surface area contributed by atoms with Crippen molar-refractivity contribution >= 4 is 17.6 Å². The Balaban J connectivity index is 1.62. The van der Waals surface area contributed by atoms with E-state index in [0.717, 1.165) is 36.1 Å². The van der Waals surface area contributed by atoms with Crippen LogP contribution >= 0.6 is 0 Å². The Kier molecular flexibility index (Phi) is 7.50. The molecule has 0 radical (unpaired) electrons. The van der Waals surface area contributed by atoms with Crippen LogP contribution in [0.15, 0.2) is 54.6 Å². The van der Waals surface area contributed by atoms with E-state index in [1.165, 1.54) is 0 Å². The number of hydrogen-bond acceptors (Lipinski definition) is 2. The molecular weight excluding hydrogens is 374 g/mol. The molecule has 0 unspecified atom stereocenters. The Bertz CT molecular complexity index is 850. The van der Waals surface area contributed by atoms with E-state index in [1.54, 1.807) is 4.90 Å². The zero-order valence-corrected chi connectivity index (χ0v) is 18.2. The summed E-state index contributed by atoms with van der Waals surface area (Å²) in [6, 6.07) is 17.7. The molecule has 5 heteroatoms. The summed E-state index contributed by atoms with van der Waals surface area (Å²) < 4.78 is 0. The number of amides is 3. The number of urea groups is 1. The predicted octanol–water partition coefficient (Wildman–Crippen LogP) is 5.14. The first-order valence-corrected chi connectivity index (χ1v) is 10.9. The third-order valence-electron chi connectivity index (χ3n) is 5.57. The second-order valence-electron chi connectivity index (χ2n) is 8.69. The Morgan fingerprint density at radius 3 is 2.57 bits per heavy atom. The van der Waals surface area contributed by atoms with Gasteiger partial charge in [0, 0.05) is 18.8 Å². The molecule has 1 heterocycles. The number of benzene rings is 2. The SMILES string of the molecule is Cc1cccc(NC(=O)N2CCC[C@H](C(=O)N[C@H](CC(C)C)c3ccccc3)C2)c1. The van der Waals surface area contributed by atoms with Crippen LogP contribution in [0, 0.1) is 18.8 Å². The van der Waals surface area contributed by atoms with Crippen LogP contribution in [-0.4, -0.2) is 29.9 Å².